The minimum atomic E-state index is -0.245. The van der Waals surface area contributed by atoms with Gasteiger partial charge in [0.25, 0.3) is 0 Å². The Balaban J connectivity index is 1.46. The van der Waals surface area contributed by atoms with Crippen LogP contribution in [0.1, 0.15) is 113 Å². The van der Waals surface area contributed by atoms with E-state index in [4.69, 9.17) is 15.0 Å². The Kier molecular flexibility index (Phi) is 11.0. The van der Waals surface area contributed by atoms with Gasteiger partial charge in [-0.05, 0) is 45.9 Å². The van der Waals surface area contributed by atoms with Crippen molar-refractivity contribution in [2.45, 2.75) is 85.5 Å². The fourth-order valence-corrected chi connectivity index (χ4v) is 7.59. The van der Waals surface area contributed by atoms with Crippen molar-refractivity contribution >= 4 is 23.2 Å². The first kappa shape index (κ1) is 38.3. The van der Waals surface area contributed by atoms with E-state index in [1.54, 1.807) is 0 Å². The van der Waals surface area contributed by atoms with Crippen molar-refractivity contribution in [1.29, 1.82) is 0 Å². The number of hydrogen-bond donors (Lipinski definition) is 0. The van der Waals surface area contributed by atoms with Crippen molar-refractivity contribution in [3.63, 3.8) is 0 Å². The van der Waals surface area contributed by atoms with Gasteiger partial charge in [-0.25, -0.2) is 15.0 Å². The van der Waals surface area contributed by atoms with Crippen molar-refractivity contribution in [3.8, 4) is 34.2 Å². The van der Waals surface area contributed by atoms with E-state index in [1.165, 1.54) is 0 Å². The predicted molar refractivity (Wildman–Crippen MR) is 227 cm³/mol. The van der Waals surface area contributed by atoms with Crippen molar-refractivity contribution in [3.05, 3.63) is 155 Å². The SMILES string of the molecule is CC(C)c1cccc(C(C)C)c1N1[C](c2ccc(-c3nc(-c4ccccc4)nc(-c4ccccc4)n3)cc2)N(c2c(C(C)C)cccc2C(C)C)C(=O)CC1=O. The van der Waals surface area contributed by atoms with Crippen LogP contribution in [0.5, 0.6) is 0 Å². The number of hydrogen-bond acceptors (Lipinski definition) is 5. The molecule has 6 aromatic rings. The van der Waals surface area contributed by atoms with Gasteiger partial charge in [0.05, 0.1) is 11.4 Å². The molecule has 56 heavy (non-hydrogen) atoms. The Morgan fingerprint density at radius 3 is 1.02 bits per heavy atom. The minimum Gasteiger partial charge on any atom is -0.279 e. The number of aromatic nitrogens is 3. The maximum absolute atomic E-state index is 14.6. The zero-order chi connectivity index (χ0) is 39.7. The lowest BCUT2D eigenvalue weighted by molar-refractivity contribution is -0.128. The summed E-state index contributed by atoms with van der Waals surface area (Å²) in [7, 11) is 0. The quantitative estimate of drug-likeness (QED) is 0.131. The average Bonchev–Trinajstić information content (AvgIpc) is 3.20. The molecule has 1 aliphatic heterocycles. The van der Waals surface area contributed by atoms with Crippen LogP contribution < -0.4 is 9.80 Å². The van der Waals surface area contributed by atoms with E-state index >= 15 is 0 Å². The van der Waals surface area contributed by atoms with E-state index in [-0.39, 0.29) is 41.9 Å². The normalized spacial score (nSPS) is 13.9. The Bertz CT molecular complexity index is 2160. The maximum atomic E-state index is 14.6. The fourth-order valence-electron chi connectivity index (χ4n) is 7.59. The van der Waals surface area contributed by atoms with Crippen LogP contribution in [0.4, 0.5) is 11.4 Å². The summed E-state index contributed by atoms with van der Waals surface area (Å²) < 4.78 is 0. The molecular weight excluding hydrogens is 691 g/mol. The van der Waals surface area contributed by atoms with Crippen molar-refractivity contribution in [1.82, 2.24) is 15.0 Å². The lowest BCUT2D eigenvalue weighted by Gasteiger charge is -2.45. The topological polar surface area (TPSA) is 79.3 Å². The number of anilines is 2. The number of rotatable bonds is 10. The van der Waals surface area contributed by atoms with Crippen LogP contribution in [-0.4, -0.2) is 26.8 Å². The van der Waals surface area contributed by atoms with E-state index in [9.17, 15) is 9.59 Å². The van der Waals surface area contributed by atoms with E-state index in [2.05, 4.69) is 91.8 Å². The van der Waals surface area contributed by atoms with Gasteiger partial charge in [0, 0.05) is 22.3 Å². The van der Waals surface area contributed by atoms with E-state index < -0.39 is 0 Å². The molecule has 2 amide bonds. The van der Waals surface area contributed by atoms with Gasteiger partial charge in [-0.1, -0.05) is 177 Å². The van der Waals surface area contributed by atoms with Gasteiger partial charge in [-0.15, -0.1) is 0 Å². The van der Waals surface area contributed by atoms with Crippen molar-refractivity contribution < 1.29 is 9.59 Å². The van der Waals surface area contributed by atoms with Crippen LogP contribution in [0.25, 0.3) is 34.2 Å². The van der Waals surface area contributed by atoms with Gasteiger partial charge in [0.15, 0.2) is 17.5 Å². The summed E-state index contributed by atoms with van der Waals surface area (Å²) >= 11 is 0. The molecule has 1 aromatic heterocycles. The van der Waals surface area contributed by atoms with Crippen LogP contribution >= 0.6 is 0 Å². The number of benzene rings is 5. The highest BCUT2D eigenvalue weighted by molar-refractivity contribution is 6.18. The lowest BCUT2D eigenvalue weighted by Crippen LogP contribution is -2.55. The molecule has 0 unspecified atom stereocenters. The summed E-state index contributed by atoms with van der Waals surface area (Å²) in [4.78, 5) is 47.7. The zero-order valence-corrected chi connectivity index (χ0v) is 33.6. The molecule has 7 rings (SSSR count). The summed E-state index contributed by atoms with van der Waals surface area (Å²) in [6.07, 6.45) is 0.290. The third kappa shape index (κ3) is 7.38. The first-order chi connectivity index (χ1) is 26.9. The zero-order valence-electron chi connectivity index (χ0n) is 33.6. The standard InChI is InChI=1S/C49H50N5O2/c1-30(2)38-21-15-22-39(31(3)4)44(38)53-42(55)29-43(56)54(45-40(32(5)6)23-16-24-41(45)33(7)8)49(53)37-27-25-36(26-28-37)48-51-46(34-17-11-9-12-18-34)50-47(52-48)35-19-13-10-14-20-35/h9-28,30-33H,29H2,1-8H3. The molecule has 5 aromatic carbocycles. The number of amides is 2. The molecule has 0 atom stereocenters. The monoisotopic (exact) mass is 740 g/mol. The third-order valence-corrected chi connectivity index (χ3v) is 10.5. The molecule has 0 bridgehead atoms. The number of carbonyl (C=O) groups excluding carboxylic acids is 2. The number of nitrogens with zero attached hydrogens (tertiary/aromatic N) is 5. The molecule has 1 saturated heterocycles. The fraction of sp³-hybridized carbons (Fsp3) is 0.265. The number of para-hydroxylation sites is 2. The molecule has 7 heteroatoms. The van der Waals surface area contributed by atoms with E-state index in [1.807, 2.05) is 94.7 Å². The smallest absolute Gasteiger partial charge is 0.238 e. The molecule has 0 saturated carbocycles. The minimum absolute atomic E-state index is 0.127. The van der Waals surface area contributed by atoms with Crippen LogP contribution in [0.3, 0.4) is 0 Å². The molecule has 1 radical (unpaired) electrons. The van der Waals surface area contributed by atoms with Gasteiger partial charge < -0.3 is 0 Å². The summed E-state index contributed by atoms with van der Waals surface area (Å²) in [5.41, 5.74) is 9.23. The van der Waals surface area contributed by atoms with Crippen LogP contribution in [0, 0.1) is 6.17 Å². The first-order valence-corrected chi connectivity index (χ1v) is 19.7. The van der Waals surface area contributed by atoms with E-state index in [0.29, 0.717) is 23.6 Å². The summed E-state index contributed by atoms with van der Waals surface area (Å²) in [5, 5.41) is 0. The summed E-state index contributed by atoms with van der Waals surface area (Å²) in [6, 6.07) is 40.4. The highest BCUT2D eigenvalue weighted by Gasteiger charge is 2.46. The second-order valence-corrected chi connectivity index (χ2v) is 15.8. The van der Waals surface area contributed by atoms with Gasteiger partial charge in [0.2, 0.25) is 18.0 Å². The second-order valence-electron chi connectivity index (χ2n) is 15.8. The van der Waals surface area contributed by atoms with Gasteiger partial charge in [0.1, 0.15) is 6.42 Å². The van der Waals surface area contributed by atoms with Crippen LogP contribution in [-0.2, 0) is 9.59 Å². The predicted octanol–water partition coefficient (Wildman–Crippen LogP) is 11.7. The third-order valence-electron chi connectivity index (χ3n) is 10.5. The van der Waals surface area contributed by atoms with Gasteiger partial charge in [-0.3, -0.25) is 19.4 Å². The lowest BCUT2D eigenvalue weighted by atomic mass is 9.88. The molecular formula is C49H50N5O2. The van der Waals surface area contributed by atoms with Crippen molar-refractivity contribution in [2.75, 3.05) is 9.80 Å². The molecule has 1 fully saturated rings. The Morgan fingerprint density at radius 1 is 0.393 bits per heavy atom. The molecule has 0 aliphatic carbocycles. The van der Waals surface area contributed by atoms with Gasteiger partial charge >= 0.3 is 0 Å². The molecule has 0 spiro atoms. The average molecular weight is 741 g/mol. The Hall–Kier alpha value is -5.95. The maximum Gasteiger partial charge on any atom is 0.238 e. The molecule has 1 aliphatic rings. The molecule has 7 nitrogen and oxygen atoms in total. The first-order valence-electron chi connectivity index (χ1n) is 19.7. The second kappa shape index (κ2) is 16.0. The van der Waals surface area contributed by atoms with E-state index in [0.717, 1.165) is 55.9 Å². The highest BCUT2D eigenvalue weighted by atomic mass is 16.2. The highest BCUT2D eigenvalue weighted by Crippen LogP contribution is 2.47. The Morgan fingerprint density at radius 2 is 0.696 bits per heavy atom. The van der Waals surface area contributed by atoms with Crippen LogP contribution in [0.2, 0.25) is 0 Å². The van der Waals surface area contributed by atoms with Crippen LogP contribution in [0.15, 0.2) is 121 Å². The molecule has 0 N–H and O–H groups in total. The Labute approximate surface area is 331 Å². The molecule has 283 valence electrons. The molecule has 2 heterocycles. The van der Waals surface area contributed by atoms with Crippen molar-refractivity contribution in [2.24, 2.45) is 0 Å². The number of carbonyl (C=O) groups is 2. The summed E-state index contributed by atoms with van der Waals surface area (Å²) in [6.45, 7) is 17.2. The summed E-state index contributed by atoms with van der Waals surface area (Å²) in [5.74, 6) is 1.70. The van der Waals surface area contributed by atoms with Gasteiger partial charge in [-0.2, -0.15) is 0 Å². The largest absolute Gasteiger partial charge is 0.279 e.